The van der Waals surface area contributed by atoms with E-state index in [1.54, 1.807) is 0 Å². The van der Waals surface area contributed by atoms with Crippen molar-refractivity contribution in [3.8, 4) is 0 Å². The summed E-state index contributed by atoms with van der Waals surface area (Å²) in [6.07, 6.45) is 4.76. The molecule has 1 aliphatic rings. The highest BCUT2D eigenvalue weighted by molar-refractivity contribution is 5.85. The summed E-state index contributed by atoms with van der Waals surface area (Å²) in [7, 11) is 0. The first kappa shape index (κ1) is 12.6. The minimum atomic E-state index is -1.08. The summed E-state index contributed by atoms with van der Waals surface area (Å²) in [5, 5.41) is 12.6. The van der Waals surface area contributed by atoms with E-state index in [0.29, 0.717) is 0 Å². The number of piperidine rings is 1. The van der Waals surface area contributed by atoms with Crippen LogP contribution in [0.2, 0.25) is 0 Å². The molecule has 1 atom stereocenters. The van der Waals surface area contributed by atoms with Crippen LogP contribution in [0, 0.1) is 0 Å². The van der Waals surface area contributed by atoms with Crippen LogP contribution in [0.25, 0.3) is 0 Å². The van der Waals surface area contributed by atoms with Crippen LogP contribution in [-0.4, -0.2) is 44.3 Å². The third-order valence-electron chi connectivity index (χ3n) is 3.28. The third kappa shape index (κ3) is 2.69. The van der Waals surface area contributed by atoms with Gasteiger partial charge in [0, 0.05) is 18.8 Å². The fraction of sp³-hybridized carbons (Fsp3) is 0.583. The van der Waals surface area contributed by atoms with Gasteiger partial charge in [0.25, 0.3) is 0 Å². The number of carbonyl (C=O) groups excluding carboxylic acids is 1. The highest BCUT2D eigenvalue weighted by atomic mass is 16.4. The van der Waals surface area contributed by atoms with E-state index in [4.69, 9.17) is 5.11 Å². The Morgan fingerprint density at radius 1 is 1.50 bits per heavy atom. The molecule has 1 aliphatic heterocycles. The summed E-state index contributed by atoms with van der Waals surface area (Å²) in [4.78, 5) is 24.6. The van der Waals surface area contributed by atoms with Gasteiger partial charge in [0.05, 0.1) is 0 Å². The first-order valence-corrected chi connectivity index (χ1v) is 6.14. The zero-order chi connectivity index (χ0) is 13.1. The summed E-state index contributed by atoms with van der Waals surface area (Å²) in [5.74, 6) is -1.07. The highest BCUT2D eigenvalue weighted by Gasteiger charge is 2.23. The van der Waals surface area contributed by atoms with Crippen molar-refractivity contribution in [1.29, 1.82) is 0 Å². The van der Waals surface area contributed by atoms with Crippen molar-refractivity contribution < 1.29 is 14.7 Å². The SMILES string of the molecule is CC1CCCCN1C(=O)Cn1ccc(C(=O)O)n1. The number of aromatic carboxylic acids is 1. The molecule has 0 aromatic carbocycles. The molecule has 1 amide bonds. The second-order valence-corrected chi connectivity index (χ2v) is 4.64. The van der Waals surface area contributed by atoms with Crippen molar-refractivity contribution >= 4 is 11.9 Å². The Bertz CT molecular complexity index is 455. The normalized spacial score (nSPS) is 19.8. The van der Waals surface area contributed by atoms with Crippen LogP contribution < -0.4 is 0 Å². The molecule has 0 spiro atoms. The van der Waals surface area contributed by atoms with Gasteiger partial charge in [0.15, 0.2) is 5.69 Å². The number of rotatable bonds is 3. The molecule has 1 fully saturated rings. The predicted octanol–water partition coefficient (Wildman–Crippen LogP) is 0.982. The minimum absolute atomic E-state index is 0.00207. The van der Waals surface area contributed by atoms with Crippen LogP contribution in [0.5, 0.6) is 0 Å². The van der Waals surface area contributed by atoms with Gasteiger partial charge in [0.1, 0.15) is 6.54 Å². The lowest BCUT2D eigenvalue weighted by atomic mass is 10.0. The minimum Gasteiger partial charge on any atom is -0.476 e. The number of likely N-dealkylation sites (tertiary alicyclic amines) is 1. The Kier molecular flexibility index (Phi) is 3.64. The molecule has 1 saturated heterocycles. The summed E-state index contributed by atoms with van der Waals surface area (Å²) in [6, 6.07) is 1.66. The Morgan fingerprint density at radius 2 is 2.28 bits per heavy atom. The molecule has 0 radical (unpaired) electrons. The molecule has 1 unspecified atom stereocenters. The predicted molar refractivity (Wildman–Crippen MR) is 64.2 cm³/mol. The van der Waals surface area contributed by atoms with Gasteiger partial charge in [-0.2, -0.15) is 5.10 Å². The molecule has 2 rings (SSSR count). The van der Waals surface area contributed by atoms with Crippen LogP contribution in [-0.2, 0) is 11.3 Å². The highest BCUT2D eigenvalue weighted by Crippen LogP contribution is 2.16. The molecular formula is C12H17N3O3. The van der Waals surface area contributed by atoms with Gasteiger partial charge in [-0.1, -0.05) is 0 Å². The zero-order valence-electron chi connectivity index (χ0n) is 10.4. The van der Waals surface area contributed by atoms with Crippen molar-refractivity contribution in [3.63, 3.8) is 0 Å². The summed E-state index contributed by atoms with van der Waals surface area (Å²) in [5.41, 5.74) is -0.0329. The maximum Gasteiger partial charge on any atom is 0.356 e. The number of amides is 1. The average molecular weight is 251 g/mol. The van der Waals surface area contributed by atoms with E-state index in [1.165, 1.54) is 16.9 Å². The van der Waals surface area contributed by atoms with Gasteiger partial charge < -0.3 is 10.0 Å². The third-order valence-corrected chi connectivity index (χ3v) is 3.28. The van der Waals surface area contributed by atoms with Crippen molar-refractivity contribution in [2.75, 3.05) is 6.54 Å². The van der Waals surface area contributed by atoms with Gasteiger partial charge in [-0.15, -0.1) is 0 Å². The number of carbonyl (C=O) groups is 2. The lowest BCUT2D eigenvalue weighted by molar-refractivity contribution is -0.135. The fourth-order valence-electron chi connectivity index (χ4n) is 2.26. The molecular weight excluding hydrogens is 234 g/mol. The smallest absolute Gasteiger partial charge is 0.356 e. The number of carboxylic acids is 1. The standard InChI is InChI=1S/C12H17N3O3/c1-9-4-2-3-6-15(9)11(16)8-14-7-5-10(13-14)12(17)18/h5,7,9H,2-4,6,8H2,1H3,(H,17,18). The van der Waals surface area contributed by atoms with Crippen molar-refractivity contribution in [2.45, 2.75) is 38.8 Å². The van der Waals surface area contributed by atoms with E-state index in [1.807, 2.05) is 11.8 Å². The van der Waals surface area contributed by atoms with Crippen LogP contribution in [0.3, 0.4) is 0 Å². The first-order valence-electron chi connectivity index (χ1n) is 6.14. The van der Waals surface area contributed by atoms with E-state index in [9.17, 15) is 9.59 Å². The summed E-state index contributed by atoms with van der Waals surface area (Å²) >= 11 is 0. The van der Waals surface area contributed by atoms with E-state index in [2.05, 4.69) is 5.10 Å². The molecule has 1 aromatic heterocycles. The van der Waals surface area contributed by atoms with Crippen molar-refractivity contribution in [2.24, 2.45) is 0 Å². The summed E-state index contributed by atoms with van der Waals surface area (Å²) in [6.45, 7) is 2.94. The van der Waals surface area contributed by atoms with E-state index in [-0.39, 0.29) is 24.2 Å². The zero-order valence-corrected chi connectivity index (χ0v) is 10.4. The molecule has 6 nitrogen and oxygen atoms in total. The maximum absolute atomic E-state index is 12.1. The Labute approximate surface area is 105 Å². The monoisotopic (exact) mass is 251 g/mol. The largest absolute Gasteiger partial charge is 0.476 e. The quantitative estimate of drug-likeness (QED) is 0.869. The number of nitrogens with zero attached hydrogens (tertiary/aromatic N) is 3. The number of aromatic nitrogens is 2. The van der Waals surface area contributed by atoms with E-state index < -0.39 is 5.97 Å². The summed E-state index contributed by atoms with van der Waals surface area (Å²) < 4.78 is 1.38. The van der Waals surface area contributed by atoms with Crippen LogP contribution in [0.1, 0.15) is 36.7 Å². The Balaban J connectivity index is 1.99. The van der Waals surface area contributed by atoms with Gasteiger partial charge in [-0.3, -0.25) is 9.48 Å². The molecule has 1 N–H and O–H groups in total. The fourth-order valence-corrected chi connectivity index (χ4v) is 2.26. The van der Waals surface area contributed by atoms with Crippen LogP contribution in [0.4, 0.5) is 0 Å². The molecule has 1 aromatic rings. The lowest BCUT2D eigenvalue weighted by Gasteiger charge is -2.33. The van der Waals surface area contributed by atoms with Gasteiger partial charge in [0.2, 0.25) is 5.91 Å². The number of carboxylic acid groups (broad SMARTS) is 1. The Hall–Kier alpha value is -1.85. The second-order valence-electron chi connectivity index (χ2n) is 4.64. The molecule has 0 aliphatic carbocycles. The molecule has 0 bridgehead atoms. The number of hydrogen-bond donors (Lipinski definition) is 1. The topological polar surface area (TPSA) is 75.4 Å². The maximum atomic E-state index is 12.1. The van der Waals surface area contributed by atoms with E-state index >= 15 is 0 Å². The van der Waals surface area contributed by atoms with Gasteiger partial charge in [-0.05, 0) is 32.3 Å². The lowest BCUT2D eigenvalue weighted by Crippen LogP contribution is -2.43. The number of hydrogen-bond acceptors (Lipinski definition) is 3. The molecule has 6 heteroatoms. The van der Waals surface area contributed by atoms with Crippen LogP contribution >= 0.6 is 0 Å². The van der Waals surface area contributed by atoms with Crippen LogP contribution in [0.15, 0.2) is 12.3 Å². The van der Waals surface area contributed by atoms with Crippen molar-refractivity contribution in [3.05, 3.63) is 18.0 Å². The van der Waals surface area contributed by atoms with Crippen molar-refractivity contribution in [1.82, 2.24) is 14.7 Å². The Morgan fingerprint density at radius 3 is 2.89 bits per heavy atom. The molecule has 98 valence electrons. The average Bonchev–Trinajstić information content (AvgIpc) is 2.78. The van der Waals surface area contributed by atoms with Gasteiger partial charge >= 0.3 is 5.97 Å². The first-order chi connectivity index (χ1) is 8.58. The molecule has 18 heavy (non-hydrogen) atoms. The van der Waals surface area contributed by atoms with E-state index in [0.717, 1.165) is 25.8 Å². The second kappa shape index (κ2) is 5.20. The molecule has 2 heterocycles. The van der Waals surface area contributed by atoms with Gasteiger partial charge in [-0.25, -0.2) is 4.79 Å². The molecule has 0 saturated carbocycles.